The van der Waals surface area contributed by atoms with Crippen LogP contribution in [0.1, 0.15) is 16.7 Å². The van der Waals surface area contributed by atoms with E-state index in [0.29, 0.717) is 12.4 Å². The minimum Gasteiger partial charge on any atom is -0.307 e. The molecule has 5 nitrogen and oxygen atoms in total. The van der Waals surface area contributed by atoms with Crippen LogP contribution in [-0.2, 0) is 6.54 Å². The Morgan fingerprint density at radius 1 is 0.964 bits per heavy atom. The van der Waals surface area contributed by atoms with Crippen LogP contribution < -0.4 is 10.6 Å². The van der Waals surface area contributed by atoms with E-state index in [4.69, 9.17) is 0 Å². The van der Waals surface area contributed by atoms with Crippen molar-refractivity contribution in [2.24, 2.45) is 0 Å². The summed E-state index contributed by atoms with van der Waals surface area (Å²) in [6.07, 6.45) is 1.87. The molecule has 4 aromatic rings. The Bertz CT molecular complexity index is 1140. The topological polar surface area (TPSA) is 59.0 Å². The Kier molecular flexibility index (Phi) is 4.81. The van der Waals surface area contributed by atoms with Gasteiger partial charge in [-0.05, 0) is 41.8 Å². The molecule has 0 aliphatic rings. The van der Waals surface area contributed by atoms with Crippen LogP contribution in [0, 0.1) is 13.8 Å². The highest BCUT2D eigenvalue weighted by Gasteiger charge is 2.08. The highest BCUT2D eigenvalue weighted by atomic mass is 16.2. The third-order valence-corrected chi connectivity index (χ3v) is 4.72. The van der Waals surface area contributed by atoms with Crippen LogP contribution >= 0.6 is 0 Å². The molecule has 140 valence electrons. The molecule has 1 aromatic heterocycles. The number of amides is 2. The highest BCUT2D eigenvalue weighted by molar-refractivity contribution is 5.99. The quantitative estimate of drug-likeness (QED) is 0.509. The predicted molar refractivity (Wildman–Crippen MR) is 114 cm³/mol. The van der Waals surface area contributed by atoms with Crippen LogP contribution in [0.15, 0.2) is 72.9 Å². The van der Waals surface area contributed by atoms with Crippen molar-refractivity contribution in [3.05, 3.63) is 89.6 Å². The van der Waals surface area contributed by atoms with E-state index in [9.17, 15) is 4.79 Å². The van der Waals surface area contributed by atoms with E-state index >= 15 is 0 Å². The van der Waals surface area contributed by atoms with Crippen LogP contribution in [0.5, 0.6) is 0 Å². The van der Waals surface area contributed by atoms with E-state index in [2.05, 4.69) is 46.1 Å². The zero-order chi connectivity index (χ0) is 19.5. The number of hydrogen-bond acceptors (Lipinski definition) is 2. The van der Waals surface area contributed by atoms with Gasteiger partial charge in [0.25, 0.3) is 0 Å². The summed E-state index contributed by atoms with van der Waals surface area (Å²) < 4.78 is 1.83. The van der Waals surface area contributed by atoms with Gasteiger partial charge in [-0.15, -0.1) is 0 Å². The number of carbonyl (C=O) groups is 1. The fourth-order valence-corrected chi connectivity index (χ4v) is 3.35. The Morgan fingerprint density at radius 3 is 2.64 bits per heavy atom. The van der Waals surface area contributed by atoms with Crippen molar-refractivity contribution < 1.29 is 4.79 Å². The van der Waals surface area contributed by atoms with Gasteiger partial charge >= 0.3 is 6.03 Å². The molecule has 4 rings (SSSR count). The summed E-state index contributed by atoms with van der Waals surface area (Å²) in [5.74, 6) is 0.516. The van der Waals surface area contributed by atoms with Gasteiger partial charge in [0.2, 0.25) is 0 Å². The van der Waals surface area contributed by atoms with Crippen molar-refractivity contribution in [3.63, 3.8) is 0 Å². The first-order chi connectivity index (χ1) is 13.6. The fourth-order valence-electron chi connectivity index (χ4n) is 3.35. The lowest BCUT2D eigenvalue weighted by Gasteiger charge is -2.09. The van der Waals surface area contributed by atoms with Crippen molar-refractivity contribution >= 4 is 28.3 Å². The molecule has 0 fully saturated rings. The first-order valence-corrected chi connectivity index (χ1v) is 9.24. The number of anilines is 2. The van der Waals surface area contributed by atoms with Crippen LogP contribution in [0.4, 0.5) is 16.3 Å². The van der Waals surface area contributed by atoms with Gasteiger partial charge in [0.05, 0.1) is 6.54 Å². The molecule has 0 saturated carbocycles. The molecule has 3 aromatic carbocycles. The molecule has 2 amide bonds. The van der Waals surface area contributed by atoms with E-state index < -0.39 is 0 Å². The number of urea groups is 1. The Morgan fingerprint density at radius 2 is 1.79 bits per heavy atom. The standard InChI is InChI=1S/C23H22N4O/c1-16-10-11-21(17(2)14-16)24-23(28)25-22-12-13-27(26-22)15-19-8-5-7-18-6-3-4-9-20(18)19/h3-14H,15H2,1-2H3,(H2,24,25,26,28). The lowest BCUT2D eigenvalue weighted by atomic mass is 10.0. The number of nitrogens with one attached hydrogen (secondary N) is 2. The van der Waals surface area contributed by atoms with Crippen LogP contribution in [0.25, 0.3) is 10.8 Å². The zero-order valence-corrected chi connectivity index (χ0v) is 15.9. The summed E-state index contributed by atoms with van der Waals surface area (Å²) >= 11 is 0. The second kappa shape index (κ2) is 7.56. The summed E-state index contributed by atoms with van der Waals surface area (Å²) in [7, 11) is 0. The molecule has 28 heavy (non-hydrogen) atoms. The third-order valence-electron chi connectivity index (χ3n) is 4.72. The number of rotatable bonds is 4. The van der Waals surface area contributed by atoms with Gasteiger partial charge in [0.1, 0.15) is 0 Å². The minimum atomic E-state index is -0.303. The molecule has 0 aliphatic carbocycles. The highest BCUT2D eigenvalue weighted by Crippen LogP contribution is 2.20. The fraction of sp³-hybridized carbons (Fsp3) is 0.130. The maximum absolute atomic E-state index is 12.3. The number of carbonyl (C=O) groups excluding carboxylic acids is 1. The number of benzene rings is 3. The summed E-state index contributed by atoms with van der Waals surface area (Å²) in [5.41, 5.74) is 4.16. The van der Waals surface area contributed by atoms with Gasteiger partial charge in [0.15, 0.2) is 5.82 Å². The average molecular weight is 370 g/mol. The van der Waals surface area contributed by atoms with Crippen molar-refractivity contribution in [1.82, 2.24) is 9.78 Å². The SMILES string of the molecule is Cc1ccc(NC(=O)Nc2ccn(Cc3cccc4ccccc34)n2)c(C)c1. The zero-order valence-electron chi connectivity index (χ0n) is 15.9. The van der Waals surface area contributed by atoms with Gasteiger partial charge in [-0.2, -0.15) is 5.10 Å². The monoisotopic (exact) mass is 370 g/mol. The van der Waals surface area contributed by atoms with E-state index in [1.54, 1.807) is 6.07 Å². The normalized spacial score (nSPS) is 10.8. The molecule has 1 heterocycles. The Balaban J connectivity index is 1.45. The molecule has 0 saturated heterocycles. The smallest absolute Gasteiger partial charge is 0.307 e. The second-order valence-electron chi connectivity index (χ2n) is 6.93. The molecule has 5 heteroatoms. The second-order valence-corrected chi connectivity index (χ2v) is 6.93. The molecule has 2 N–H and O–H groups in total. The van der Waals surface area contributed by atoms with Crippen molar-refractivity contribution in [2.75, 3.05) is 10.6 Å². The van der Waals surface area contributed by atoms with E-state index in [-0.39, 0.29) is 6.03 Å². The maximum Gasteiger partial charge on any atom is 0.324 e. The minimum absolute atomic E-state index is 0.303. The van der Waals surface area contributed by atoms with Crippen LogP contribution in [-0.4, -0.2) is 15.8 Å². The molecule has 0 atom stereocenters. The Hall–Kier alpha value is -3.60. The van der Waals surface area contributed by atoms with Gasteiger partial charge in [-0.25, -0.2) is 4.79 Å². The predicted octanol–water partition coefficient (Wildman–Crippen LogP) is 5.35. The van der Waals surface area contributed by atoms with E-state index in [0.717, 1.165) is 16.8 Å². The lowest BCUT2D eigenvalue weighted by molar-refractivity contribution is 0.262. The molecule has 0 aliphatic heterocycles. The van der Waals surface area contributed by atoms with Gasteiger partial charge in [0, 0.05) is 18.0 Å². The van der Waals surface area contributed by atoms with Crippen molar-refractivity contribution in [2.45, 2.75) is 20.4 Å². The third kappa shape index (κ3) is 3.88. The molecular weight excluding hydrogens is 348 g/mol. The van der Waals surface area contributed by atoms with Gasteiger partial charge < -0.3 is 5.32 Å². The average Bonchev–Trinajstić information content (AvgIpc) is 3.11. The maximum atomic E-state index is 12.3. The summed E-state index contributed by atoms with van der Waals surface area (Å²) in [5, 5.41) is 12.6. The van der Waals surface area contributed by atoms with Gasteiger partial charge in [-0.1, -0.05) is 60.2 Å². The van der Waals surface area contributed by atoms with E-state index in [1.807, 2.05) is 55.1 Å². The Labute approximate surface area is 164 Å². The number of fused-ring (bicyclic) bond motifs is 1. The van der Waals surface area contributed by atoms with Gasteiger partial charge in [-0.3, -0.25) is 10.00 Å². The first kappa shape index (κ1) is 17.8. The number of nitrogens with zero attached hydrogens (tertiary/aromatic N) is 2. The first-order valence-electron chi connectivity index (χ1n) is 9.24. The lowest BCUT2D eigenvalue weighted by Crippen LogP contribution is -2.20. The molecule has 0 bridgehead atoms. The number of aromatic nitrogens is 2. The largest absolute Gasteiger partial charge is 0.324 e. The number of hydrogen-bond donors (Lipinski definition) is 2. The number of aryl methyl sites for hydroxylation is 2. The molecule has 0 spiro atoms. The van der Waals surface area contributed by atoms with E-state index in [1.165, 1.54) is 16.3 Å². The molecule has 0 radical (unpaired) electrons. The summed E-state index contributed by atoms with van der Waals surface area (Å²) in [6.45, 7) is 4.64. The van der Waals surface area contributed by atoms with Crippen molar-refractivity contribution in [1.29, 1.82) is 0 Å². The molecular formula is C23H22N4O. The molecule has 0 unspecified atom stereocenters. The van der Waals surface area contributed by atoms with Crippen LogP contribution in [0.3, 0.4) is 0 Å². The summed E-state index contributed by atoms with van der Waals surface area (Å²) in [4.78, 5) is 12.3. The van der Waals surface area contributed by atoms with Crippen LogP contribution in [0.2, 0.25) is 0 Å². The van der Waals surface area contributed by atoms with Crippen molar-refractivity contribution in [3.8, 4) is 0 Å². The summed E-state index contributed by atoms with van der Waals surface area (Å²) in [6, 6.07) is 22.0.